The van der Waals surface area contributed by atoms with Gasteiger partial charge in [-0.1, -0.05) is 0 Å². The minimum absolute atomic E-state index is 0.0752. The lowest BCUT2D eigenvalue weighted by Gasteiger charge is -2.17. The molecule has 1 heterocycles. The molecule has 0 aliphatic carbocycles. The van der Waals surface area contributed by atoms with Crippen molar-refractivity contribution < 1.29 is 9.59 Å². The molecule has 1 aliphatic rings. The smallest absolute Gasteiger partial charge is 0.255 e. The topological polar surface area (TPSA) is 84.2 Å². The zero-order valence-electron chi connectivity index (χ0n) is 4.68. The number of nitrogens with one attached hydrogen (secondary N) is 2. The molecular weight excluding hydrogens is 122 g/mol. The van der Waals surface area contributed by atoms with E-state index in [1.54, 1.807) is 0 Å². The molecule has 1 unspecified atom stereocenters. The predicted octanol–water partition coefficient (Wildman–Crippen LogP) is -2.14. The molecule has 1 aliphatic heterocycles. The lowest BCUT2D eigenvalue weighted by atomic mass is 10.2. The highest BCUT2D eigenvalue weighted by molar-refractivity contribution is 5.92. The number of hydrogen-bond acceptors (Lipinski definition) is 3. The summed E-state index contributed by atoms with van der Waals surface area (Å²) in [6.45, 7) is 0. The van der Waals surface area contributed by atoms with Crippen molar-refractivity contribution >= 4 is 11.8 Å². The van der Waals surface area contributed by atoms with Crippen LogP contribution >= 0.6 is 0 Å². The maximum atomic E-state index is 10.5. The average molecular weight is 129 g/mol. The molecule has 1 fully saturated rings. The Bertz CT molecular complexity index is 156. The lowest BCUT2D eigenvalue weighted by molar-refractivity contribution is -0.135. The Labute approximate surface area is 51.6 Å². The third-order valence-electron chi connectivity index (χ3n) is 1.07. The average Bonchev–Trinajstić information content (AvgIpc) is 1.80. The molecule has 0 spiro atoms. The molecule has 2 amide bonds. The van der Waals surface area contributed by atoms with Gasteiger partial charge in [-0.3, -0.25) is 20.4 Å². The molecule has 1 atom stereocenters. The van der Waals surface area contributed by atoms with Crippen LogP contribution < -0.4 is 16.6 Å². The predicted molar refractivity (Wildman–Crippen MR) is 28.9 cm³/mol. The molecule has 5 heteroatoms. The van der Waals surface area contributed by atoms with E-state index in [4.69, 9.17) is 5.73 Å². The fourth-order valence-electron chi connectivity index (χ4n) is 0.567. The van der Waals surface area contributed by atoms with E-state index in [2.05, 4.69) is 10.9 Å². The minimum atomic E-state index is -0.682. The van der Waals surface area contributed by atoms with Crippen LogP contribution in [0, 0.1) is 0 Å². The first kappa shape index (κ1) is 6.03. The summed E-state index contributed by atoms with van der Waals surface area (Å²) in [5, 5.41) is 0. The Morgan fingerprint density at radius 1 is 1.44 bits per heavy atom. The second-order valence-electron chi connectivity index (χ2n) is 1.85. The number of nitrogens with two attached hydrogens (primary N) is 1. The molecule has 0 aromatic heterocycles. The standard InChI is InChI=1S/C4H7N3O2/c5-2-1-3(8)6-7-4(2)9/h2H,1,5H2,(H,6,8)(H,7,9). The molecule has 0 aromatic rings. The van der Waals surface area contributed by atoms with Crippen LogP contribution in [0.4, 0.5) is 0 Å². The Morgan fingerprint density at radius 2 is 2.11 bits per heavy atom. The van der Waals surface area contributed by atoms with Crippen molar-refractivity contribution in [2.75, 3.05) is 0 Å². The van der Waals surface area contributed by atoms with Gasteiger partial charge >= 0.3 is 0 Å². The Kier molecular flexibility index (Phi) is 1.35. The second-order valence-corrected chi connectivity index (χ2v) is 1.85. The Morgan fingerprint density at radius 3 is 2.56 bits per heavy atom. The van der Waals surface area contributed by atoms with Crippen LogP contribution in [0.3, 0.4) is 0 Å². The Hall–Kier alpha value is -1.10. The molecule has 5 nitrogen and oxygen atoms in total. The van der Waals surface area contributed by atoms with E-state index in [0.29, 0.717) is 0 Å². The summed E-state index contributed by atoms with van der Waals surface area (Å²) in [5.74, 6) is -0.586. The van der Waals surface area contributed by atoms with Gasteiger partial charge in [0.1, 0.15) is 0 Å². The van der Waals surface area contributed by atoms with Crippen molar-refractivity contribution in [3.8, 4) is 0 Å². The lowest BCUT2D eigenvalue weighted by Crippen LogP contribution is -2.56. The molecule has 1 saturated heterocycles. The first-order valence-corrected chi connectivity index (χ1v) is 2.54. The summed E-state index contributed by atoms with van der Waals surface area (Å²) in [6, 6.07) is -0.682. The van der Waals surface area contributed by atoms with E-state index in [1.165, 1.54) is 0 Å². The van der Waals surface area contributed by atoms with Gasteiger partial charge in [0.05, 0.1) is 12.5 Å². The normalized spacial score (nSPS) is 27.0. The highest BCUT2D eigenvalue weighted by Crippen LogP contribution is 1.91. The van der Waals surface area contributed by atoms with Crippen molar-refractivity contribution in [3.05, 3.63) is 0 Å². The number of amides is 2. The van der Waals surface area contributed by atoms with Crippen molar-refractivity contribution in [1.82, 2.24) is 10.9 Å². The van der Waals surface area contributed by atoms with Crippen LogP contribution in [0.2, 0.25) is 0 Å². The maximum absolute atomic E-state index is 10.5. The van der Waals surface area contributed by atoms with Gasteiger partial charge in [0.25, 0.3) is 5.91 Å². The van der Waals surface area contributed by atoms with Crippen LogP contribution in [-0.2, 0) is 9.59 Å². The summed E-state index contributed by atoms with van der Waals surface area (Å²) in [5.41, 5.74) is 9.46. The van der Waals surface area contributed by atoms with Gasteiger partial charge in [0.15, 0.2) is 0 Å². The summed E-state index contributed by atoms with van der Waals surface area (Å²) in [7, 11) is 0. The zero-order valence-corrected chi connectivity index (χ0v) is 4.68. The molecule has 0 saturated carbocycles. The van der Waals surface area contributed by atoms with Crippen molar-refractivity contribution in [1.29, 1.82) is 0 Å². The van der Waals surface area contributed by atoms with Crippen LogP contribution in [0.5, 0.6) is 0 Å². The molecular formula is C4H7N3O2. The van der Waals surface area contributed by atoms with Crippen molar-refractivity contribution in [2.24, 2.45) is 5.73 Å². The fourth-order valence-corrected chi connectivity index (χ4v) is 0.567. The second kappa shape index (κ2) is 2.02. The van der Waals surface area contributed by atoms with Crippen LogP contribution in [0.1, 0.15) is 6.42 Å². The van der Waals surface area contributed by atoms with Crippen LogP contribution in [0.25, 0.3) is 0 Å². The van der Waals surface area contributed by atoms with E-state index < -0.39 is 6.04 Å². The SMILES string of the molecule is NC1CC(=O)NNC1=O. The molecule has 0 radical (unpaired) electrons. The number of hydrazine groups is 1. The zero-order chi connectivity index (χ0) is 6.85. The number of carbonyl (C=O) groups is 2. The summed E-state index contributed by atoms with van der Waals surface area (Å²) >= 11 is 0. The molecule has 0 bridgehead atoms. The number of carbonyl (C=O) groups excluding carboxylic acids is 2. The van der Waals surface area contributed by atoms with Gasteiger partial charge in [-0.25, -0.2) is 0 Å². The summed E-state index contributed by atoms with van der Waals surface area (Å²) < 4.78 is 0. The summed E-state index contributed by atoms with van der Waals surface area (Å²) in [6.07, 6.45) is 0.0752. The van der Waals surface area contributed by atoms with Gasteiger partial charge in [0, 0.05) is 0 Å². The molecule has 9 heavy (non-hydrogen) atoms. The van der Waals surface area contributed by atoms with Crippen molar-refractivity contribution in [3.63, 3.8) is 0 Å². The third kappa shape index (κ3) is 1.17. The fraction of sp³-hybridized carbons (Fsp3) is 0.500. The first-order chi connectivity index (χ1) is 4.20. The van der Waals surface area contributed by atoms with E-state index in [-0.39, 0.29) is 18.2 Å². The van der Waals surface area contributed by atoms with E-state index in [0.717, 1.165) is 0 Å². The summed E-state index contributed by atoms with van der Waals surface area (Å²) in [4.78, 5) is 20.9. The van der Waals surface area contributed by atoms with E-state index >= 15 is 0 Å². The van der Waals surface area contributed by atoms with Crippen LogP contribution in [-0.4, -0.2) is 17.9 Å². The number of rotatable bonds is 0. The molecule has 4 N–H and O–H groups in total. The van der Waals surface area contributed by atoms with Gasteiger partial charge < -0.3 is 5.73 Å². The highest BCUT2D eigenvalue weighted by Gasteiger charge is 2.22. The monoisotopic (exact) mass is 129 g/mol. The van der Waals surface area contributed by atoms with E-state index in [9.17, 15) is 9.59 Å². The Balaban J connectivity index is 2.54. The first-order valence-electron chi connectivity index (χ1n) is 2.54. The molecule has 0 aromatic carbocycles. The molecule has 50 valence electrons. The quantitative estimate of drug-likeness (QED) is 0.349. The highest BCUT2D eigenvalue weighted by atomic mass is 16.2. The van der Waals surface area contributed by atoms with Gasteiger partial charge in [0.2, 0.25) is 5.91 Å². The van der Waals surface area contributed by atoms with Gasteiger partial charge in [-0.15, -0.1) is 0 Å². The number of hydrogen-bond donors (Lipinski definition) is 3. The maximum Gasteiger partial charge on any atom is 0.255 e. The van der Waals surface area contributed by atoms with Crippen molar-refractivity contribution in [2.45, 2.75) is 12.5 Å². The van der Waals surface area contributed by atoms with E-state index in [1.807, 2.05) is 0 Å². The van der Waals surface area contributed by atoms with Gasteiger partial charge in [-0.05, 0) is 0 Å². The molecule has 1 rings (SSSR count). The largest absolute Gasteiger partial charge is 0.319 e. The third-order valence-corrected chi connectivity index (χ3v) is 1.07. The van der Waals surface area contributed by atoms with Crippen LogP contribution in [0.15, 0.2) is 0 Å². The van der Waals surface area contributed by atoms with Gasteiger partial charge in [-0.2, -0.15) is 0 Å². The minimum Gasteiger partial charge on any atom is -0.319 e.